The lowest BCUT2D eigenvalue weighted by molar-refractivity contribution is 0.0520. The summed E-state index contributed by atoms with van der Waals surface area (Å²) in [7, 11) is 0. The quantitative estimate of drug-likeness (QED) is 0.883. The van der Waals surface area contributed by atoms with E-state index in [-0.39, 0.29) is 5.69 Å². The van der Waals surface area contributed by atoms with Gasteiger partial charge in [0.15, 0.2) is 5.69 Å². The molecular weight excluding hydrogens is 286 g/mol. The van der Waals surface area contributed by atoms with Crippen molar-refractivity contribution < 1.29 is 9.53 Å². The summed E-state index contributed by atoms with van der Waals surface area (Å²) in [5.41, 5.74) is 1.51. The summed E-state index contributed by atoms with van der Waals surface area (Å²) in [4.78, 5) is 11.6. The smallest absolute Gasteiger partial charge is 0.361 e. The fourth-order valence-electron chi connectivity index (χ4n) is 1.38. The fourth-order valence-corrected chi connectivity index (χ4v) is 1.65. The predicted octanol–water partition coefficient (Wildman–Crippen LogP) is 2.41. The number of aromatic amines is 1. The van der Waals surface area contributed by atoms with Crippen LogP contribution in [-0.4, -0.2) is 28.0 Å². The Bertz CT molecular complexity index is 522. The highest BCUT2D eigenvalue weighted by Gasteiger charge is 2.18. The molecule has 0 spiro atoms. The second-order valence-electron chi connectivity index (χ2n) is 3.25. The van der Waals surface area contributed by atoms with Gasteiger partial charge in [0.05, 0.1) is 6.61 Å². The molecule has 6 heteroatoms. The summed E-state index contributed by atoms with van der Waals surface area (Å²) in [6.07, 6.45) is 0. The summed E-state index contributed by atoms with van der Waals surface area (Å²) in [5.74, 6) is -0.473. The lowest BCUT2D eigenvalue weighted by Crippen LogP contribution is -2.06. The molecule has 0 atom stereocenters. The molecule has 1 aromatic heterocycles. The van der Waals surface area contributed by atoms with Gasteiger partial charge in [0.25, 0.3) is 0 Å². The number of ether oxygens (including phenoxy) is 1. The molecule has 1 heterocycles. The van der Waals surface area contributed by atoms with E-state index in [1.54, 1.807) is 6.92 Å². The highest BCUT2D eigenvalue weighted by Crippen LogP contribution is 2.22. The van der Waals surface area contributed by atoms with Crippen molar-refractivity contribution in [1.82, 2.24) is 15.4 Å². The molecular formula is C11H10BrN3O2. The minimum Gasteiger partial charge on any atom is -0.461 e. The first-order chi connectivity index (χ1) is 8.22. The van der Waals surface area contributed by atoms with Gasteiger partial charge in [-0.15, -0.1) is 5.10 Å². The highest BCUT2D eigenvalue weighted by molar-refractivity contribution is 9.10. The van der Waals surface area contributed by atoms with Gasteiger partial charge in [-0.2, -0.15) is 10.3 Å². The number of carbonyl (C=O) groups excluding carboxylic acids is 1. The van der Waals surface area contributed by atoms with Crippen LogP contribution in [0.4, 0.5) is 0 Å². The molecule has 2 rings (SSSR count). The van der Waals surface area contributed by atoms with Crippen LogP contribution in [-0.2, 0) is 4.74 Å². The van der Waals surface area contributed by atoms with Crippen LogP contribution in [0.25, 0.3) is 11.3 Å². The summed E-state index contributed by atoms with van der Waals surface area (Å²) in [5, 5.41) is 10.2. The van der Waals surface area contributed by atoms with Crippen LogP contribution in [0.15, 0.2) is 28.7 Å². The zero-order valence-electron chi connectivity index (χ0n) is 9.11. The van der Waals surface area contributed by atoms with E-state index in [0.29, 0.717) is 12.3 Å². The van der Waals surface area contributed by atoms with Crippen molar-refractivity contribution in [3.05, 3.63) is 34.4 Å². The SMILES string of the molecule is CCOC(=O)c1n[nH]nc1-c1ccc(Br)cc1. The third-order valence-corrected chi connectivity index (χ3v) is 2.66. The number of halogens is 1. The molecule has 1 N–H and O–H groups in total. The number of H-pyrrole nitrogens is 1. The van der Waals surface area contributed by atoms with E-state index in [4.69, 9.17) is 4.74 Å². The number of nitrogens with zero attached hydrogens (tertiary/aromatic N) is 2. The van der Waals surface area contributed by atoms with Gasteiger partial charge in [0.2, 0.25) is 0 Å². The summed E-state index contributed by atoms with van der Waals surface area (Å²) < 4.78 is 5.86. The first-order valence-electron chi connectivity index (χ1n) is 5.06. The van der Waals surface area contributed by atoms with Crippen LogP contribution in [0.2, 0.25) is 0 Å². The Morgan fingerprint density at radius 2 is 2.06 bits per heavy atom. The van der Waals surface area contributed by atoms with Gasteiger partial charge in [-0.25, -0.2) is 4.79 Å². The second kappa shape index (κ2) is 5.09. The third-order valence-electron chi connectivity index (χ3n) is 2.13. The molecule has 2 aromatic rings. The highest BCUT2D eigenvalue weighted by atomic mass is 79.9. The maximum absolute atomic E-state index is 11.6. The average molecular weight is 296 g/mol. The lowest BCUT2D eigenvalue weighted by Gasteiger charge is -2.01. The number of nitrogens with one attached hydrogen (secondary N) is 1. The predicted molar refractivity (Wildman–Crippen MR) is 65.5 cm³/mol. The summed E-state index contributed by atoms with van der Waals surface area (Å²) in [6.45, 7) is 2.06. The minimum atomic E-state index is -0.473. The third kappa shape index (κ3) is 2.52. The van der Waals surface area contributed by atoms with Gasteiger partial charge < -0.3 is 4.74 Å². The van der Waals surface area contributed by atoms with Crippen LogP contribution in [0.5, 0.6) is 0 Å². The molecule has 0 aliphatic heterocycles. The summed E-state index contributed by atoms with van der Waals surface area (Å²) in [6, 6.07) is 7.45. The molecule has 5 nitrogen and oxygen atoms in total. The second-order valence-corrected chi connectivity index (χ2v) is 4.16. The van der Waals surface area contributed by atoms with E-state index in [1.165, 1.54) is 0 Å². The first kappa shape index (κ1) is 11.8. The zero-order valence-corrected chi connectivity index (χ0v) is 10.7. The van der Waals surface area contributed by atoms with Crippen molar-refractivity contribution in [3.8, 4) is 11.3 Å². The lowest BCUT2D eigenvalue weighted by atomic mass is 10.1. The molecule has 0 saturated heterocycles. The van der Waals surface area contributed by atoms with E-state index in [0.717, 1.165) is 10.0 Å². The molecule has 0 amide bonds. The number of aromatic nitrogens is 3. The Morgan fingerprint density at radius 1 is 1.35 bits per heavy atom. The Morgan fingerprint density at radius 3 is 2.71 bits per heavy atom. The van der Waals surface area contributed by atoms with Crippen molar-refractivity contribution in [2.75, 3.05) is 6.61 Å². The van der Waals surface area contributed by atoms with Crippen molar-refractivity contribution in [2.24, 2.45) is 0 Å². The van der Waals surface area contributed by atoms with Crippen LogP contribution in [0.3, 0.4) is 0 Å². The zero-order chi connectivity index (χ0) is 12.3. The molecule has 0 aliphatic rings. The molecule has 0 unspecified atom stereocenters. The largest absolute Gasteiger partial charge is 0.461 e. The first-order valence-corrected chi connectivity index (χ1v) is 5.85. The van der Waals surface area contributed by atoms with E-state index in [1.807, 2.05) is 24.3 Å². The van der Waals surface area contributed by atoms with Gasteiger partial charge in [0, 0.05) is 10.0 Å². The Kier molecular flexibility index (Phi) is 3.53. The van der Waals surface area contributed by atoms with E-state index in [2.05, 4.69) is 31.3 Å². The normalized spacial score (nSPS) is 10.2. The van der Waals surface area contributed by atoms with Gasteiger partial charge in [-0.05, 0) is 19.1 Å². The maximum atomic E-state index is 11.6. The number of rotatable bonds is 3. The molecule has 0 fully saturated rings. The Hall–Kier alpha value is -1.69. The molecule has 17 heavy (non-hydrogen) atoms. The van der Waals surface area contributed by atoms with Gasteiger partial charge >= 0.3 is 5.97 Å². The summed E-state index contributed by atoms with van der Waals surface area (Å²) >= 11 is 3.35. The number of hydrogen-bond acceptors (Lipinski definition) is 4. The van der Waals surface area contributed by atoms with Crippen molar-refractivity contribution in [1.29, 1.82) is 0 Å². The number of hydrogen-bond donors (Lipinski definition) is 1. The monoisotopic (exact) mass is 295 g/mol. The molecule has 1 aromatic carbocycles. The standard InChI is InChI=1S/C11H10BrN3O2/c1-2-17-11(16)10-9(13-15-14-10)7-3-5-8(12)6-4-7/h3-6H,2H2,1H3,(H,13,14,15). The van der Waals surface area contributed by atoms with Gasteiger partial charge in [-0.3, -0.25) is 0 Å². The van der Waals surface area contributed by atoms with Gasteiger partial charge in [0.1, 0.15) is 5.69 Å². The van der Waals surface area contributed by atoms with Crippen LogP contribution < -0.4 is 0 Å². The number of benzene rings is 1. The molecule has 0 aliphatic carbocycles. The van der Waals surface area contributed by atoms with E-state index in [9.17, 15) is 4.79 Å². The van der Waals surface area contributed by atoms with Crippen molar-refractivity contribution >= 4 is 21.9 Å². The maximum Gasteiger partial charge on any atom is 0.361 e. The minimum absolute atomic E-state index is 0.203. The van der Waals surface area contributed by atoms with E-state index < -0.39 is 5.97 Å². The molecule has 0 radical (unpaired) electrons. The molecule has 0 saturated carbocycles. The topological polar surface area (TPSA) is 67.9 Å². The fraction of sp³-hybridized carbons (Fsp3) is 0.182. The van der Waals surface area contributed by atoms with Crippen molar-refractivity contribution in [3.63, 3.8) is 0 Å². The van der Waals surface area contributed by atoms with E-state index >= 15 is 0 Å². The molecule has 88 valence electrons. The Labute approximate surface area is 106 Å². The molecule has 0 bridgehead atoms. The average Bonchev–Trinajstić information content (AvgIpc) is 2.79. The van der Waals surface area contributed by atoms with Crippen LogP contribution in [0.1, 0.15) is 17.4 Å². The van der Waals surface area contributed by atoms with Crippen molar-refractivity contribution in [2.45, 2.75) is 6.92 Å². The Balaban J connectivity index is 2.36. The number of esters is 1. The van der Waals surface area contributed by atoms with Crippen LogP contribution >= 0.6 is 15.9 Å². The number of carbonyl (C=O) groups is 1. The van der Waals surface area contributed by atoms with Gasteiger partial charge in [-0.1, -0.05) is 28.1 Å². The van der Waals surface area contributed by atoms with Crippen LogP contribution in [0, 0.1) is 0 Å².